The van der Waals surface area contributed by atoms with Crippen molar-refractivity contribution >= 4 is 0 Å². The molecule has 0 aromatic carbocycles. The molecule has 1 rings (SSSR count). The molecule has 1 fully saturated rings. The summed E-state index contributed by atoms with van der Waals surface area (Å²) in [6, 6.07) is 0. The van der Waals surface area contributed by atoms with Crippen LogP contribution < -0.4 is 0 Å². The first-order valence-electron chi connectivity index (χ1n) is 5.25. The fraction of sp³-hybridized carbons (Fsp3) is 1.00. The summed E-state index contributed by atoms with van der Waals surface area (Å²) in [7, 11) is 0. The van der Waals surface area contributed by atoms with E-state index in [1.54, 1.807) is 0 Å². The second kappa shape index (κ2) is 4.13. The third kappa shape index (κ3) is 2.21. The van der Waals surface area contributed by atoms with Gasteiger partial charge in [0.15, 0.2) is 0 Å². The van der Waals surface area contributed by atoms with Crippen molar-refractivity contribution in [2.75, 3.05) is 0 Å². The van der Waals surface area contributed by atoms with Crippen LogP contribution in [0, 0.1) is 17.8 Å². The Labute approximate surface area is 71.4 Å². The van der Waals surface area contributed by atoms with Gasteiger partial charge in [-0.05, 0) is 24.2 Å². The molecule has 3 unspecified atom stereocenters. The summed E-state index contributed by atoms with van der Waals surface area (Å²) in [4.78, 5) is 0. The van der Waals surface area contributed by atoms with Crippen molar-refractivity contribution in [2.45, 2.75) is 52.9 Å². The first kappa shape index (κ1) is 9.09. The molecule has 0 spiro atoms. The van der Waals surface area contributed by atoms with E-state index >= 15 is 0 Å². The van der Waals surface area contributed by atoms with E-state index in [1.165, 1.54) is 32.1 Å². The summed E-state index contributed by atoms with van der Waals surface area (Å²) in [5.41, 5.74) is 0. The molecule has 0 aromatic heterocycles. The number of unbranched alkanes of at least 4 members (excludes halogenated alkanes) is 1. The van der Waals surface area contributed by atoms with E-state index in [9.17, 15) is 0 Å². The molecular weight excluding hydrogens is 132 g/mol. The summed E-state index contributed by atoms with van der Waals surface area (Å²) in [6.07, 6.45) is 7.29. The number of hydrogen-bond acceptors (Lipinski definition) is 0. The van der Waals surface area contributed by atoms with E-state index in [2.05, 4.69) is 20.8 Å². The Morgan fingerprint density at radius 2 is 1.91 bits per heavy atom. The first-order valence-corrected chi connectivity index (χ1v) is 5.25. The lowest BCUT2D eigenvalue weighted by molar-refractivity contribution is 0.333. The molecule has 1 aliphatic carbocycles. The SMILES string of the molecule is CCCCC1CCC(C)C1C. The molecule has 0 heterocycles. The van der Waals surface area contributed by atoms with Crippen molar-refractivity contribution < 1.29 is 0 Å². The molecule has 0 aliphatic heterocycles. The van der Waals surface area contributed by atoms with Gasteiger partial charge in [0.05, 0.1) is 0 Å². The number of hydrogen-bond donors (Lipinski definition) is 0. The van der Waals surface area contributed by atoms with Gasteiger partial charge in [0.1, 0.15) is 0 Å². The van der Waals surface area contributed by atoms with E-state index in [-0.39, 0.29) is 0 Å². The molecule has 0 radical (unpaired) electrons. The van der Waals surface area contributed by atoms with Gasteiger partial charge in [-0.3, -0.25) is 0 Å². The Hall–Kier alpha value is 0. The zero-order valence-electron chi connectivity index (χ0n) is 8.27. The average Bonchev–Trinajstić information content (AvgIpc) is 2.31. The van der Waals surface area contributed by atoms with Crippen molar-refractivity contribution in [1.29, 1.82) is 0 Å². The first-order chi connectivity index (χ1) is 5.25. The topological polar surface area (TPSA) is 0 Å². The van der Waals surface area contributed by atoms with Crippen LogP contribution in [-0.2, 0) is 0 Å². The summed E-state index contributed by atoms with van der Waals surface area (Å²) >= 11 is 0. The van der Waals surface area contributed by atoms with Crippen molar-refractivity contribution in [3.8, 4) is 0 Å². The Kier molecular flexibility index (Phi) is 3.42. The maximum absolute atomic E-state index is 2.44. The molecule has 1 aliphatic rings. The van der Waals surface area contributed by atoms with E-state index in [1.807, 2.05) is 0 Å². The summed E-state index contributed by atoms with van der Waals surface area (Å²) in [5, 5.41) is 0. The van der Waals surface area contributed by atoms with Crippen LogP contribution in [0.1, 0.15) is 52.9 Å². The standard InChI is InChI=1S/C11H22/c1-4-5-6-11-8-7-9(2)10(11)3/h9-11H,4-8H2,1-3H3. The monoisotopic (exact) mass is 154 g/mol. The highest BCUT2D eigenvalue weighted by Crippen LogP contribution is 2.38. The fourth-order valence-electron chi connectivity index (χ4n) is 2.34. The zero-order valence-corrected chi connectivity index (χ0v) is 8.27. The lowest BCUT2D eigenvalue weighted by atomic mass is 9.89. The summed E-state index contributed by atoms with van der Waals surface area (Å²) < 4.78 is 0. The highest BCUT2D eigenvalue weighted by atomic mass is 14.3. The van der Waals surface area contributed by atoms with E-state index < -0.39 is 0 Å². The average molecular weight is 154 g/mol. The normalized spacial score (nSPS) is 37.9. The van der Waals surface area contributed by atoms with Crippen LogP contribution in [0.15, 0.2) is 0 Å². The lowest BCUT2D eigenvalue weighted by Gasteiger charge is -2.17. The van der Waals surface area contributed by atoms with E-state index in [0.29, 0.717) is 0 Å². The van der Waals surface area contributed by atoms with Crippen LogP contribution in [0.2, 0.25) is 0 Å². The smallest absolute Gasteiger partial charge is 0.0386 e. The highest BCUT2D eigenvalue weighted by Gasteiger charge is 2.28. The van der Waals surface area contributed by atoms with Gasteiger partial charge in [0.25, 0.3) is 0 Å². The van der Waals surface area contributed by atoms with Gasteiger partial charge < -0.3 is 0 Å². The van der Waals surface area contributed by atoms with Crippen molar-refractivity contribution in [2.24, 2.45) is 17.8 Å². The van der Waals surface area contributed by atoms with Gasteiger partial charge in [-0.15, -0.1) is 0 Å². The van der Waals surface area contributed by atoms with Crippen LogP contribution in [0.4, 0.5) is 0 Å². The summed E-state index contributed by atoms with van der Waals surface area (Å²) in [6.45, 7) is 7.15. The summed E-state index contributed by atoms with van der Waals surface area (Å²) in [5.74, 6) is 3.06. The predicted octanol–water partition coefficient (Wildman–Crippen LogP) is 3.86. The molecule has 1 saturated carbocycles. The molecule has 0 nitrogen and oxygen atoms in total. The maximum Gasteiger partial charge on any atom is -0.0386 e. The minimum absolute atomic E-state index is 0.997. The Morgan fingerprint density at radius 3 is 2.36 bits per heavy atom. The van der Waals surface area contributed by atoms with Crippen LogP contribution in [0.25, 0.3) is 0 Å². The predicted molar refractivity (Wildman–Crippen MR) is 50.6 cm³/mol. The second-order valence-electron chi connectivity index (χ2n) is 4.32. The molecule has 0 heteroatoms. The van der Waals surface area contributed by atoms with Crippen LogP contribution in [-0.4, -0.2) is 0 Å². The Balaban J connectivity index is 2.24. The van der Waals surface area contributed by atoms with E-state index in [4.69, 9.17) is 0 Å². The number of rotatable bonds is 3. The van der Waals surface area contributed by atoms with Gasteiger partial charge in [-0.1, -0.05) is 46.5 Å². The van der Waals surface area contributed by atoms with E-state index in [0.717, 1.165) is 17.8 Å². The lowest BCUT2D eigenvalue weighted by Crippen LogP contribution is -2.08. The Bertz CT molecular complexity index is 107. The van der Waals surface area contributed by atoms with Crippen LogP contribution >= 0.6 is 0 Å². The van der Waals surface area contributed by atoms with Crippen LogP contribution in [0.5, 0.6) is 0 Å². The van der Waals surface area contributed by atoms with Gasteiger partial charge in [-0.2, -0.15) is 0 Å². The highest BCUT2D eigenvalue weighted by molar-refractivity contribution is 4.79. The third-order valence-electron chi connectivity index (χ3n) is 3.56. The maximum atomic E-state index is 2.44. The quantitative estimate of drug-likeness (QED) is 0.579. The third-order valence-corrected chi connectivity index (χ3v) is 3.56. The van der Waals surface area contributed by atoms with Crippen molar-refractivity contribution in [3.63, 3.8) is 0 Å². The molecule has 66 valence electrons. The minimum Gasteiger partial charge on any atom is -0.0654 e. The van der Waals surface area contributed by atoms with Crippen molar-refractivity contribution in [3.05, 3.63) is 0 Å². The molecule has 0 bridgehead atoms. The Morgan fingerprint density at radius 1 is 1.18 bits per heavy atom. The van der Waals surface area contributed by atoms with Gasteiger partial charge in [0, 0.05) is 0 Å². The largest absolute Gasteiger partial charge is 0.0654 e. The molecule has 3 atom stereocenters. The zero-order chi connectivity index (χ0) is 8.27. The fourth-order valence-corrected chi connectivity index (χ4v) is 2.34. The molecule has 11 heavy (non-hydrogen) atoms. The molecule has 0 saturated heterocycles. The van der Waals surface area contributed by atoms with Gasteiger partial charge in [-0.25, -0.2) is 0 Å². The van der Waals surface area contributed by atoms with Gasteiger partial charge in [0.2, 0.25) is 0 Å². The molecule has 0 aromatic rings. The molecular formula is C11H22. The molecule has 0 N–H and O–H groups in total. The minimum atomic E-state index is 0.997. The van der Waals surface area contributed by atoms with Crippen LogP contribution in [0.3, 0.4) is 0 Å². The second-order valence-corrected chi connectivity index (χ2v) is 4.32. The van der Waals surface area contributed by atoms with Gasteiger partial charge >= 0.3 is 0 Å². The van der Waals surface area contributed by atoms with Crippen molar-refractivity contribution in [1.82, 2.24) is 0 Å². The molecule has 0 amide bonds.